The van der Waals surface area contributed by atoms with Crippen molar-refractivity contribution in [1.29, 1.82) is 0 Å². The molecule has 0 aliphatic carbocycles. The van der Waals surface area contributed by atoms with E-state index in [1.165, 1.54) is 5.56 Å². The number of guanidine groups is 1. The molecule has 0 saturated heterocycles. The first kappa shape index (κ1) is 20.9. The summed E-state index contributed by atoms with van der Waals surface area (Å²) in [7, 11) is 0. The Labute approximate surface area is 162 Å². The number of hydrogen-bond acceptors (Lipinski definition) is 4. The molecule has 2 rings (SSSR count). The second-order valence-corrected chi connectivity index (χ2v) is 7.13. The van der Waals surface area contributed by atoms with Gasteiger partial charge < -0.3 is 15.2 Å². The van der Waals surface area contributed by atoms with E-state index in [9.17, 15) is 0 Å². The molecule has 0 spiro atoms. The third kappa shape index (κ3) is 7.81. The number of hydrogen-bond donors (Lipinski definition) is 2. The van der Waals surface area contributed by atoms with Crippen LogP contribution in [0.25, 0.3) is 0 Å². The lowest BCUT2D eigenvalue weighted by molar-refractivity contribution is 0.369. The third-order valence-corrected chi connectivity index (χ3v) is 4.26. The molecule has 6 heteroatoms. The molecule has 0 fully saturated rings. The van der Waals surface area contributed by atoms with Gasteiger partial charge in [0.25, 0.3) is 0 Å². The summed E-state index contributed by atoms with van der Waals surface area (Å²) in [6, 6.07) is 10.9. The maximum atomic E-state index is 5.28. The molecule has 1 aromatic heterocycles. The smallest absolute Gasteiger partial charge is 0.226 e. The van der Waals surface area contributed by atoms with Gasteiger partial charge in [-0.25, -0.2) is 0 Å². The minimum absolute atomic E-state index is 0.294. The second-order valence-electron chi connectivity index (χ2n) is 7.13. The molecular formula is C21H33N5O. The van der Waals surface area contributed by atoms with Crippen molar-refractivity contribution in [2.45, 2.75) is 65.3 Å². The normalized spacial score (nSPS) is 13.0. The molecule has 0 saturated carbocycles. The Bertz CT molecular complexity index is 681. The zero-order valence-electron chi connectivity index (χ0n) is 17.0. The molecule has 1 heterocycles. The topological polar surface area (TPSA) is 75.3 Å². The van der Waals surface area contributed by atoms with Crippen LogP contribution in [0.1, 0.15) is 63.7 Å². The van der Waals surface area contributed by atoms with E-state index in [2.05, 4.69) is 83.8 Å². The lowest BCUT2D eigenvalue weighted by Gasteiger charge is -2.17. The van der Waals surface area contributed by atoms with Crippen LogP contribution in [0.5, 0.6) is 0 Å². The van der Waals surface area contributed by atoms with Crippen LogP contribution in [0.4, 0.5) is 0 Å². The van der Waals surface area contributed by atoms with Crippen molar-refractivity contribution in [2.75, 3.05) is 13.1 Å². The number of rotatable bonds is 10. The highest BCUT2D eigenvalue weighted by molar-refractivity contribution is 5.80. The van der Waals surface area contributed by atoms with Crippen LogP contribution in [0.2, 0.25) is 0 Å². The monoisotopic (exact) mass is 371 g/mol. The first-order chi connectivity index (χ1) is 13.1. The maximum absolute atomic E-state index is 5.28. The van der Waals surface area contributed by atoms with E-state index in [0.29, 0.717) is 17.9 Å². The summed E-state index contributed by atoms with van der Waals surface area (Å²) < 4.78 is 5.28. The molecular weight excluding hydrogens is 338 g/mol. The van der Waals surface area contributed by atoms with E-state index in [4.69, 9.17) is 4.52 Å². The number of aryl methyl sites for hydroxylation is 2. The van der Waals surface area contributed by atoms with Crippen molar-refractivity contribution in [3.05, 3.63) is 47.6 Å². The van der Waals surface area contributed by atoms with Gasteiger partial charge in [0.15, 0.2) is 11.8 Å². The Kier molecular flexibility index (Phi) is 8.81. The van der Waals surface area contributed by atoms with Gasteiger partial charge >= 0.3 is 0 Å². The van der Waals surface area contributed by atoms with Gasteiger partial charge in [-0.3, -0.25) is 4.99 Å². The number of aliphatic imine (C=N–C) groups is 1. The van der Waals surface area contributed by atoms with E-state index >= 15 is 0 Å². The summed E-state index contributed by atoms with van der Waals surface area (Å²) in [6.45, 7) is 9.97. The van der Waals surface area contributed by atoms with E-state index < -0.39 is 0 Å². The first-order valence-corrected chi connectivity index (χ1v) is 9.99. The summed E-state index contributed by atoms with van der Waals surface area (Å²) in [5, 5.41) is 10.8. The van der Waals surface area contributed by atoms with E-state index in [1.54, 1.807) is 0 Å². The van der Waals surface area contributed by atoms with Crippen LogP contribution in [0, 0.1) is 0 Å². The Morgan fingerprint density at radius 2 is 1.93 bits per heavy atom. The van der Waals surface area contributed by atoms with Crippen molar-refractivity contribution >= 4 is 5.96 Å². The van der Waals surface area contributed by atoms with E-state index in [1.807, 2.05) is 0 Å². The molecule has 27 heavy (non-hydrogen) atoms. The van der Waals surface area contributed by atoms with Gasteiger partial charge in [-0.05, 0) is 38.7 Å². The van der Waals surface area contributed by atoms with Crippen LogP contribution in [-0.2, 0) is 12.8 Å². The predicted octanol–water partition coefficient (Wildman–Crippen LogP) is 3.70. The SMILES string of the molecule is CCNC(=NCCCc1nc(C(C)C)no1)NC(C)CCc1ccccc1. The summed E-state index contributed by atoms with van der Waals surface area (Å²) in [4.78, 5) is 9.08. The van der Waals surface area contributed by atoms with Gasteiger partial charge in [0, 0.05) is 31.5 Å². The molecule has 1 unspecified atom stereocenters. The van der Waals surface area contributed by atoms with Crippen molar-refractivity contribution in [3.63, 3.8) is 0 Å². The fraction of sp³-hybridized carbons (Fsp3) is 0.571. The molecule has 0 aliphatic rings. The maximum Gasteiger partial charge on any atom is 0.226 e. The summed E-state index contributed by atoms with van der Waals surface area (Å²) in [5.74, 6) is 2.63. The Balaban J connectivity index is 1.75. The lowest BCUT2D eigenvalue weighted by atomic mass is 10.1. The van der Waals surface area contributed by atoms with Crippen molar-refractivity contribution < 1.29 is 4.52 Å². The van der Waals surface area contributed by atoms with Gasteiger partial charge in [-0.2, -0.15) is 4.98 Å². The standard InChI is InChI=1S/C21H33N5O/c1-5-22-21(24-17(4)13-14-18-10-7-6-8-11-18)23-15-9-12-19-25-20(16(2)3)26-27-19/h6-8,10-11,16-17H,5,9,12-15H2,1-4H3,(H2,22,23,24). The van der Waals surface area contributed by atoms with Crippen LogP contribution in [0.15, 0.2) is 39.8 Å². The van der Waals surface area contributed by atoms with E-state index in [0.717, 1.165) is 50.6 Å². The average Bonchev–Trinajstić information content (AvgIpc) is 3.14. The molecule has 0 amide bonds. The summed E-state index contributed by atoms with van der Waals surface area (Å²) in [5.41, 5.74) is 1.37. The van der Waals surface area contributed by atoms with Gasteiger partial charge in [0.05, 0.1) is 0 Å². The fourth-order valence-corrected chi connectivity index (χ4v) is 2.68. The molecule has 0 bridgehead atoms. The largest absolute Gasteiger partial charge is 0.357 e. The van der Waals surface area contributed by atoms with Gasteiger partial charge in [-0.15, -0.1) is 0 Å². The molecule has 1 aromatic carbocycles. The second kappa shape index (κ2) is 11.4. The Morgan fingerprint density at radius 3 is 2.59 bits per heavy atom. The lowest BCUT2D eigenvalue weighted by Crippen LogP contribution is -2.42. The van der Waals surface area contributed by atoms with Crippen molar-refractivity contribution in [2.24, 2.45) is 4.99 Å². The minimum Gasteiger partial charge on any atom is -0.357 e. The molecule has 1 atom stereocenters. The Morgan fingerprint density at radius 1 is 1.15 bits per heavy atom. The summed E-state index contributed by atoms with van der Waals surface area (Å²) in [6.07, 6.45) is 3.76. The van der Waals surface area contributed by atoms with Crippen LogP contribution in [-0.4, -0.2) is 35.2 Å². The van der Waals surface area contributed by atoms with Crippen LogP contribution < -0.4 is 10.6 Å². The van der Waals surface area contributed by atoms with Crippen LogP contribution in [0.3, 0.4) is 0 Å². The molecule has 2 aromatic rings. The highest BCUT2D eigenvalue weighted by Crippen LogP contribution is 2.10. The number of benzene rings is 1. The first-order valence-electron chi connectivity index (χ1n) is 9.99. The zero-order valence-corrected chi connectivity index (χ0v) is 17.0. The highest BCUT2D eigenvalue weighted by Gasteiger charge is 2.09. The third-order valence-electron chi connectivity index (χ3n) is 4.26. The van der Waals surface area contributed by atoms with Crippen molar-refractivity contribution in [3.8, 4) is 0 Å². The molecule has 6 nitrogen and oxygen atoms in total. The zero-order chi connectivity index (χ0) is 19.5. The molecule has 0 radical (unpaired) electrons. The van der Waals surface area contributed by atoms with Gasteiger partial charge in [0.1, 0.15) is 0 Å². The average molecular weight is 372 g/mol. The number of aromatic nitrogens is 2. The van der Waals surface area contributed by atoms with Gasteiger partial charge in [-0.1, -0.05) is 49.3 Å². The Hall–Kier alpha value is -2.37. The number of nitrogens with zero attached hydrogens (tertiary/aromatic N) is 3. The molecule has 2 N–H and O–H groups in total. The summed E-state index contributed by atoms with van der Waals surface area (Å²) >= 11 is 0. The molecule has 148 valence electrons. The van der Waals surface area contributed by atoms with Crippen molar-refractivity contribution in [1.82, 2.24) is 20.8 Å². The predicted molar refractivity (Wildman–Crippen MR) is 110 cm³/mol. The quantitative estimate of drug-likeness (QED) is 0.378. The van der Waals surface area contributed by atoms with Gasteiger partial charge in [0.2, 0.25) is 5.89 Å². The van der Waals surface area contributed by atoms with Crippen LogP contribution >= 0.6 is 0 Å². The fourth-order valence-electron chi connectivity index (χ4n) is 2.68. The van der Waals surface area contributed by atoms with E-state index in [-0.39, 0.29) is 0 Å². The minimum atomic E-state index is 0.294. The highest BCUT2D eigenvalue weighted by atomic mass is 16.5. The number of nitrogens with one attached hydrogen (secondary N) is 2. The molecule has 0 aliphatic heterocycles.